The summed E-state index contributed by atoms with van der Waals surface area (Å²) in [6, 6.07) is 0. The predicted octanol–water partition coefficient (Wildman–Crippen LogP) is -0.200. The number of aliphatic hydroxyl groups excluding tert-OH is 2. The molecular weight excluding hydrogens is 232 g/mol. The molecule has 0 fully saturated rings. The molecule has 0 aliphatic heterocycles. The van der Waals surface area contributed by atoms with Crippen LogP contribution in [0.15, 0.2) is 0 Å². The van der Waals surface area contributed by atoms with Crippen molar-refractivity contribution in [3.8, 4) is 0 Å². The predicted molar refractivity (Wildman–Crippen MR) is 69.0 cm³/mol. The lowest BCUT2D eigenvalue weighted by molar-refractivity contribution is 0.0394. The van der Waals surface area contributed by atoms with Gasteiger partial charge in [0, 0.05) is 25.4 Å². The van der Waals surface area contributed by atoms with Crippen molar-refractivity contribution >= 4 is 0 Å². The van der Waals surface area contributed by atoms with E-state index in [0.29, 0.717) is 13.1 Å². The zero-order valence-electron chi connectivity index (χ0n) is 11.7. The van der Waals surface area contributed by atoms with Gasteiger partial charge in [-0.1, -0.05) is 13.8 Å². The first kappa shape index (κ1) is 15.1. The van der Waals surface area contributed by atoms with Gasteiger partial charge in [0.05, 0.1) is 19.8 Å². The van der Waals surface area contributed by atoms with Crippen LogP contribution < -0.4 is 0 Å². The van der Waals surface area contributed by atoms with Crippen molar-refractivity contribution in [3.63, 3.8) is 0 Å². The Morgan fingerprint density at radius 2 is 1.78 bits per heavy atom. The number of hydrogen-bond acceptors (Lipinski definition) is 5. The summed E-state index contributed by atoms with van der Waals surface area (Å²) in [5.74, 6) is 1.86. The van der Waals surface area contributed by atoms with Crippen molar-refractivity contribution in [1.82, 2.24) is 19.7 Å². The molecule has 0 aliphatic carbocycles. The Kier molecular flexibility index (Phi) is 5.25. The monoisotopic (exact) mass is 256 g/mol. The molecule has 0 saturated heterocycles. The molecular formula is C12H24N4O2. The normalized spacial score (nSPS) is 12.4. The molecule has 0 atom stereocenters. The molecule has 1 rings (SSSR count). The standard InChI is InChI=1S/C12H24N4O2/c1-5-10-13-14-11(16(10)4)6-15(3)7-12(2,8-17)9-18/h17-18H,5-9H2,1-4H3. The van der Waals surface area contributed by atoms with E-state index in [1.807, 2.05) is 37.4 Å². The first-order valence-corrected chi connectivity index (χ1v) is 6.23. The van der Waals surface area contributed by atoms with Crippen LogP contribution in [0.4, 0.5) is 0 Å². The molecule has 0 amide bonds. The number of aromatic nitrogens is 3. The Hall–Kier alpha value is -0.980. The highest BCUT2D eigenvalue weighted by Gasteiger charge is 2.25. The van der Waals surface area contributed by atoms with Crippen LogP contribution in [0.5, 0.6) is 0 Å². The Morgan fingerprint density at radius 3 is 2.22 bits per heavy atom. The van der Waals surface area contributed by atoms with E-state index in [4.69, 9.17) is 0 Å². The second-order valence-electron chi connectivity index (χ2n) is 5.24. The summed E-state index contributed by atoms with van der Waals surface area (Å²) in [6.45, 7) is 5.09. The summed E-state index contributed by atoms with van der Waals surface area (Å²) >= 11 is 0. The quantitative estimate of drug-likeness (QED) is 0.707. The van der Waals surface area contributed by atoms with E-state index in [0.717, 1.165) is 18.1 Å². The van der Waals surface area contributed by atoms with Gasteiger partial charge in [-0.15, -0.1) is 10.2 Å². The van der Waals surface area contributed by atoms with Crippen molar-refractivity contribution in [2.75, 3.05) is 26.8 Å². The SMILES string of the molecule is CCc1nnc(CN(C)CC(C)(CO)CO)n1C. The van der Waals surface area contributed by atoms with Gasteiger partial charge in [0.1, 0.15) is 11.6 Å². The van der Waals surface area contributed by atoms with Gasteiger partial charge in [-0.2, -0.15) is 0 Å². The average molecular weight is 256 g/mol. The fourth-order valence-corrected chi connectivity index (χ4v) is 1.94. The largest absolute Gasteiger partial charge is 0.396 e. The van der Waals surface area contributed by atoms with Crippen LogP contribution in [0.3, 0.4) is 0 Å². The molecule has 0 aromatic carbocycles. The summed E-state index contributed by atoms with van der Waals surface area (Å²) in [6.07, 6.45) is 0.859. The van der Waals surface area contributed by atoms with E-state index in [1.165, 1.54) is 0 Å². The molecule has 0 spiro atoms. The molecule has 0 aliphatic rings. The summed E-state index contributed by atoms with van der Waals surface area (Å²) in [7, 11) is 3.91. The van der Waals surface area contributed by atoms with Gasteiger partial charge >= 0.3 is 0 Å². The van der Waals surface area contributed by atoms with Crippen molar-refractivity contribution in [3.05, 3.63) is 11.6 Å². The summed E-state index contributed by atoms with van der Waals surface area (Å²) in [5.41, 5.74) is -0.485. The third-order valence-electron chi connectivity index (χ3n) is 3.20. The third-order valence-corrected chi connectivity index (χ3v) is 3.20. The highest BCUT2D eigenvalue weighted by atomic mass is 16.3. The van der Waals surface area contributed by atoms with Gasteiger partial charge in [-0.05, 0) is 7.05 Å². The van der Waals surface area contributed by atoms with Gasteiger partial charge in [-0.3, -0.25) is 4.90 Å². The highest BCUT2D eigenvalue weighted by Crippen LogP contribution is 2.16. The topological polar surface area (TPSA) is 74.4 Å². The molecule has 0 bridgehead atoms. The lowest BCUT2D eigenvalue weighted by atomic mass is 9.92. The van der Waals surface area contributed by atoms with Crippen molar-refractivity contribution in [2.24, 2.45) is 12.5 Å². The van der Waals surface area contributed by atoms with Crippen LogP contribution in [0.1, 0.15) is 25.5 Å². The minimum atomic E-state index is -0.485. The average Bonchev–Trinajstić information content (AvgIpc) is 2.70. The zero-order chi connectivity index (χ0) is 13.8. The number of rotatable bonds is 7. The molecule has 6 heteroatoms. The van der Waals surface area contributed by atoms with E-state index >= 15 is 0 Å². The Morgan fingerprint density at radius 1 is 1.22 bits per heavy atom. The van der Waals surface area contributed by atoms with Gasteiger partial charge in [0.15, 0.2) is 0 Å². The Labute approximate surface area is 108 Å². The number of hydrogen-bond donors (Lipinski definition) is 2. The lowest BCUT2D eigenvalue weighted by Gasteiger charge is -2.30. The molecule has 1 aromatic heterocycles. The van der Waals surface area contributed by atoms with Gasteiger partial charge in [0.2, 0.25) is 0 Å². The third kappa shape index (κ3) is 3.51. The Balaban J connectivity index is 2.64. The molecule has 104 valence electrons. The van der Waals surface area contributed by atoms with Gasteiger partial charge < -0.3 is 14.8 Å². The molecule has 1 aromatic rings. The van der Waals surface area contributed by atoms with Crippen LogP contribution in [0, 0.1) is 5.41 Å². The molecule has 0 saturated carbocycles. The summed E-state index contributed by atoms with van der Waals surface area (Å²) in [5, 5.41) is 26.8. The number of nitrogens with zero attached hydrogens (tertiary/aromatic N) is 4. The fourth-order valence-electron chi connectivity index (χ4n) is 1.94. The van der Waals surface area contributed by atoms with Crippen LogP contribution in [-0.2, 0) is 20.0 Å². The van der Waals surface area contributed by atoms with E-state index in [9.17, 15) is 10.2 Å². The van der Waals surface area contributed by atoms with Crippen LogP contribution >= 0.6 is 0 Å². The van der Waals surface area contributed by atoms with E-state index < -0.39 is 5.41 Å². The van der Waals surface area contributed by atoms with E-state index in [1.54, 1.807) is 0 Å². The van der Waals surface area contributed by atoms with Crippen LogP contribution in [0.25, 0.3) is 0 Å². The van der Waals surface area contributed by atoms with Gasteiger partial charge in [-0.25, -0.2) is 0 Å². The van der Waals surface area contributed by atoms with Crippen molar-refractivity contribution in [2.45, 2.75) is 26.8 Å². The van der Waals surface area contributed by atoms with E-state index in [-0.39, 0.29) is 13.2 Å². The molecule has 18 heavy (non-hydrogen) atoms. The van der Waals surface area contributed by atoms with Crippen molar-refractivity contribution in [1.29, 1.82) is 0 Å². The molecule has 6 nitrogen and oxygen atoms in total. The second kappa shape index (κ2) is 6.26. The van der Waals surface area contributed by atoms with Crippen molar-refractivity contribution < 1.29 is 10.2 Å². The van der Waals surface area contributed by atoms with E-state index in [2.05, 4.69) is 10.2 Å². The summed E-state index contributed by atoms with van der Waals surface area (Å²) in [4.78, 5) is 2.04. The second-order valence-corrected chi connectivity index (χ2v) is 5.24. The van der Waals surface area contributed by atoms with Crippen LogP contribution in [0.2, 0.25) is 0 Å². The first-order chi connectivity index (χ1) is 8.45. The molecule has 2 N–H and O–H groups in total. The minimum Gasteiger partial charge on any atom is -0.396 e. The first-order valence-electron chi connectivity index (χ1n) is 6.23. The van der Waals surface area contributed by atoms with Gasteiger partial charge in [0.25, 0.3) is 0 Å². The zero-order valence-corrected chi connectivity index (χ0v) is 11.7. The Bertz CT molecular complexity index is 374. The summed E-state index contributed by atoms with van der Waals surface area (Å²) < 4.78 is 1.99. The smallest absolute Gasteiger partial charge is 0.146 e. The lowest BCUT2D eigenvalue weighted by Crippen LogP contribution is -2.39. The molecule has 0 radical (unpaired) electrons. The molecule has 0 unspecified atom stereocenters. The maximum Gasteiger partial charge on any atom is 0.146 e. The fraction of sp³-hybridized carbons (Fsp3) is 0.833. The maximum absolute atomic E-state index is 9.28. The number of aryl methyl sites for hydroxylation is 1. The minimum absolute atomic E-state index is 0.0349. The number of aliphatic hydroxyl groups is 2. The highest BCUT2D eigenvalue weighted by molar-refractivity contribution is 4.94. The maximum atomic E-state index is 9.28. The molecule has 1 heterocycles. The van der Waals surface area contributed by atoms with Crippen LogP contribution in [-0.4, -0.2) is 56.7 Å².